The number of carbonyl (C=O) groups is 1. The first-order valence-corrected chi connectivity index (χ1v) is 5.76. The number of aromatic nitrogens is 1. The van der Waals surface area contributed by atoms with Gasteiger partial charge in [-0.3, -0.25) is 4.79 Å². The minimum Gasteiger partial charge on any atom is -0.481 e. The number of hydrogen-bond acceptors (Lipinski definition) is 4. The monoisotopic (exact) mass is 217 g/mol. The van der Waals surface area contributed by atoms with Crippen molar-refractivity contribution in [1.29, 1.82) is 0 Å². The molecule has 1 aromatic rings. The lowest BCUT2D eigenvalue weighted by atomic mass is 10.2. The first-order chi connectivity index (χ1) is 6.09. The Morgan fingerprint density at radius 3 is 2.92 bits per heavy atom. The Kier molecular flexibility index (Phi) is 3.74. The minimum atomic E-state index is -0.800. The van der Waals surface area contributed by atoms with Gasteiger partial charge in [-0.05, 0) is 5.92 Å². The van der Waals surface area contributed by atoms with Crippen LogP contribution in [-0.4, -0.2) is 21.8 Å². The van der Waals surface area contributed by atoms with Crippen LogP contribution in [0.15, 0.2) is 9.72 Å². The van der Waals surface area contributed by atoms with Crippen molar-refractivity contribution < 1.29 is 9.90 Å². The Hall–Kier alpha value is -0.550. The summed E-state index contributed by atoms with van der Waals surface area (Å²) < 4.78 is 0.839. The average molecular weight is 217 g/mol. The largest absolute Gasteiger partial charge is 0.481 e. The number of hydrogen-bond donors (Lipinski definition) is 1. The Bertz CT molecular complexity index is 296. The van der Waals surface area contributed by atoms with Crippen LogP contribution in [0.2, 0.25) is 0 Å². The maximum Gasteiger partial charge on any atom is 0.313 e. The van der Waals surface area contributed by atoms with E-state index in [1.807, 2.05) is 5.38 Å². The van der Waals surface area contributed by atoms with E-state index < -0.39 is 5.97 Å². The zero-order chi connectivity index (χ0) is 9.84. The molecule has 1 aromatic heterocycles. The Labute approximate surface area is 85.2 Å². The highest BCUT2D eigenvalue weighted by Crippen LogP contribution is 2.25. The summed E-state index contributed by atoms with van der Waals surface area (Å²) in [4.78, 5) is 14.6. The molecular weight excluding hydrogens is 206 g/mol. The summed E-state index contributed by atoms with van der Waals surface area (Å²) in [6.07, 6.45) is 0. The lowest BCUT2D eigenvalue weighted by Crippen LogP contribution is -1.97. The molecule has 0 fully saturated rings. The van der Waals surface area contributed by atoms with Gasteiger partial charge < -0.3 is 5.11 Å². The second-order valence-corrected chi connectivity index (χ2v) is 4.96. The second kappa shape index (κ2) is 4.62. The van der Waals surface area contributed by atoms with E-state index in [1.54, 1.807) is 0 Å². The van der Waals surface area contributed by atoms with Crippen LogP contribution in [-0.2, 0) is 4.79 Å². The van der Waals surface area contributed by atoms with E-state index in [0.29, 0.717) is 5.92 Å². The predicted molar refractivity (Wildman–Crippen MR) is 54.6 cm³/mol. The molecule has 0 radical (unpaired) electrons. The molecule has 0 aliphatic carbocycles. The summed E-state index contributed by atoms with van der Waals surface area (Å²) in [5.74, 6) is -0.299. The van der Waals surface area contributed by atoms with E-state index in [0.717, 1.165) is 10.0 Å². The van der Waals surface area contributed by atoms with Crippen molar-refractivity contribution in [3.05, 3.63) is 11.1 Å². The molecule has 1 N–H and O–H groups in total. The van der Waals surface area contributed by atoms with Crippen molar-refractivity contribution in [3.8, 4) is 0 Å². The van der Waals surface area contributed by atoms with Crippen molar-refractivity contribution in [2.45, 2.75) is 24.1 Å². The quantitative estimate of drug-likeness (QED) is 0.787. The van der Waals surface area contributed by atoms with Crippen LogP contribution in [0.3, 0.4) is 0 Å². The van der Waals surface area contributed by atoms with Gasteiger partial charge in [-0.25, -0.2) is 4.98 Å². The summed E-state index contributed by atoms with van der Waals surface area (Å²) in [7, 11) is 0. The van der Waals surface area contributed by atoms with Gasteiger partial charge in [0, 0.05) is 5.38 Å². The molecule has 0 atom stereocenters. The van der Waals surface area contributed by atoms with Gasteiger partial charge in [0.05, 0.1) is 11.4 Å². The maximum atomic E-state index is 10.3. The summed E-state index contributed by atoms with van der Waals surface area (Å²) in [6, 6.07) is 0. The zero-order valence-corrected chi connectivity index (χ0v) is 9.11. The molecule has 0 aromatic carbocycles. The highest BCUT2D eigenvalue weighted by atomic mass is 32.2. The van der Waals surface area contributed by atoms with Crippen LogP contribution in [0.4, 0.5) is 0 Å². The van der Waals surface area contributed by atoms with Gasteiger partial charge in [0.1, 0.15) is 0 Å². The van der Waals surface area contributed by atoms with Gasteiger partial charge in [-0.1, -0.05) is 25.6 Å². The molecule has 72 valence electrons. The fraction of sp³-hybridized carbons (Fsp3) is 0.500. The summed E-state index contributed by atoms with van der Waals surface area (Å²) in [6.45, 7) is 4.14. The molecule has 0 saturated heterocycles. The molecule has 5 heteroatoms. The summed E-state index contributed by atoms with van der Waals surface area (Å²) in [5.41, 5.74) is 1.04. The van der Waals surface area contributed by atoms with E-state index >= 15 is 0 Å². The number of carboxylic acid groups (broad SMARTS) is 1. The third-order valence-corrected chi connectivity index (χ3v) is 3.44. The van der Waals surface area contributed by atoms with Crippen LogP contribution in [0, 0.1) is 0 Å². The van der Waals surface area contributed by atoms with E-state index in [2.05, 4.69) is 18.8 Å². The highest BCUT2D eigenvalue weighted by molar-refractivity contribution is 8.01. The molecule has 0 saturated carbocycles. The van der Waals surface area contributed by atoms with E-state index in [4.69, 9.17) is 5.11 Å². The Balaban J connectivity index is 2.54. The lowest BCUT2D eigenvalue weighted by molar-refractivity contribution is -0.133. The third-order valence-electron chi connectivity index (χ3n) is 1.41. The maximum absolute atomic E-state index is 10.3. The fourth-order valence-electron chi connectivity index (χ4n) is 0.724. The van der Waals surface area contributed by atoms with Crippen molar-refractivity contribution >= 4 is 29.1 Å². The molecule has 3 nitrogen and oxygen atoms in total. The van der Waals surface area contributed by atoms with Crippen LogP contribution < -0.4 is 0 Å². The summed E-state index contributed by atoms with van der Waals surface area (Å²) >= 11 is 2.78. The standard InChI is InChI=1S/C8H11NO2S2/c1-5(2)6-3-12-8(9-6)13-4-7(10)11/h3,5H,4H2,1-2H3,(H,10,11). The number of thiazole rings is 1. The minimum absolute atomic E-state index is 0.0883. The van der Waals surface area contributed by atoms with Gasteiger partial charge >= 0.3 is 5.97 Å². The molecule has 1 rings (SSSR count). The van der Waals surface area contributed by atoms with Crippen molar-refractivity contribution in [1.82, 2.24) is 4.98 Å². The number of nitrogens with zero attached hydrogens (tertiary/aromatic N) is 1. The van der Waals surface area contributed by atoms with Gasteiger partial charge in [0.15, 0.2) is 4.34 Å². The molecule has 0 aliphatic rings. The molecule has 0 unspecified atom stereocenters. The van der Waals surface area contributed by atoms with E-state index in [9.17, 15) is 4.79 Å². The predicted octanol–water partition coefficient (Wildman–Crippen LogP) is 2.44. The Morgan fingerprint density at radius 1 is 1.77 bits per heavy atom. The normalized spacial score (nSPS) is 10.7. The lowest BCUT2D eigenvalue weighted by Gasteiger charge is -1.96. The number of aliphatic carboxylic acids is 1. The van der Waals surface area contributed by atoms with Crippen molar-refractivity contribution in [2.75, 3.05) is 5.75 Å². The Morgan fingerprint density at radius 2 is 2.46 bits per heavy atom. The third kappa shape index (κ3) is 3.36. The fourth-order valence-corrected chi connectivity index (χ4v) is 2.44. The zero-order valence-electron chi connectivity index (χ0n) is 7.48. The average Bonchev–Trinajstić information content (AvgIpc) is 2.48. The van der Waals surface area contributed by atoms with Crippen molar-refractivity contribution in [3.63, 3.8) is 0 Å². The number of thioether (sulfide) groups is 1. The number of carboxylic acids is 1. The highest BCUT2D eigenvalue weighted by Gasteiger charge is 2.07. The smallest absolute Gasteiger partial charge is 0.313 e. The van der Waals surface area contributed by atoms with Crippen LogP contribution >= 0.6 is 23.1 Å². The molecule has 13 heavy (non-hydrogen) atoms. The molecule has 0 spiro atoms. The molecule has 0 bridgehead atoms. The topological polar surface area (TPSA) is 50.2 Å². The van der Waals surface area contributed by atoms with Gasteiger partial charge in [0.2, 0.25) is 0 Å². The van der Waals surface area contributed by atoms with E-state index in [-0.39, 0.29) is 5.75 Å². The van der Waals surface area contributed by atoms with Crippen LogP contribution in [0.1, 0.15) is 25.5 Å². The van der Waals surface area contributed by atoms with Gasteiger partial charge in [-0.2, -0.15) is 0 Å². The molecule has 1 heterocycles. The number of rotatable bonds is 4. The van der Waals surface area contributed by atoms with Crippen LogP contribution in [0.5, 0.6) is 0 Å². The molecular formula is C8H11NO2S2. The van der Waals surface area contributed by atoms with Gasteiger partial charge in [-0.15, -0.1) is 11.3 Å². The van der Waals surface area contributed by atoms with E-state index in [1.165, 1.54) is 23.1 Å². The first-order valence-electron chi connectivity index (χ1n) is 3.89. The van der Waals surface area contributed by atoms with Gasteiger partial charge in [0.25, 0.3) is 0 Å². The first kappa shape index (κ1) is 10.5. The van der Waals surface area contributed by atoms with Crippen LogP contribution in [0.25, 0.3) is 0 Å². The SMILES string of the molecule is CC(C)c1csc(SCC(=O)O)n1. The molecule has 0 aliphatic heterocycles. The molecule has 0 amide bonds. The van der Waals surface area contributed by atoms with Crippen molar-refractivity contribution in [2.24, 2.45) is 0 Å². The second-order valence-electron chi connectivity index (χ2n) is 2.88. The summed E-state index contributed by atoms with van der Waals surface area (Å²) in [5, 5.41) is 10.4.